The summed E-state index contributed by atoms with van der Waals surface area (Å²) >= 11 is 0. The summed E-state index contributed by atoms with van der Waals surface area (Å²) < 4.78 is 6.41. The largest absolute Gasteiger partial charge is 0.383 e. The molecule has 0 spiro atoms. The average Bonchev–Trinajstić information content (AvgIpc) is 2.72. The van der Waals surface area contributed by atoms with Gasteiger partial charge >= 0.3 is 0 Å². The lowest BCUT2D eigenvalue weighted by Gasteiger charge is -2.34. The van der Waals surface area contributed by atoms with Crippen LogP contribution in [-0.4, -0.2) is 42.5 Å². The maximum atomic E-state index is 12.4. The zero-order valence-corrected chi connectivity index (χ0v) is 17.3. The maximum Gasteiger partial charge on any atom is 0.268 e. The zero-order valence-electron chi connectivity index (χ0n) is 17.3. The van der Waals surface area contributed by atoms with Crippen LogP contribution < -0.4 is 15.8 Å². The predicted molar refractivity (Wildman–Crippen MR) is 113 cm³/mol. The smallest absolute Gasteiger partial charge is 0.268 e. The molecular weight excluding hydrogens is 368 g/mol. The first kappa shape index (κ1) is 21.0. The Hall–Kier alpha value is -2.67. The summed E-state index contributed by atoms with van der Waals surface area (Å²) in [5.74, 6) is 0.350. The Morgan fingerprint density at radius 3 is 2.83 bits per heavy atom. The van der Waals surface area contributed by atoms with Gasteiger partial charge in [-0.2, -0.15) is 5.10 Å². The first-order valence-corrected chi connectivity index (χ1v) is 10.2. The molecule has 1 aromatic carbocycles. The highest BCUT2D eigenvalue weighted by Gasteiger charge is 2.23. The van der Waals surface area contributed by atoms with Crippen molar-refractivity contribution in [2.24, 2.45) is 5.92 Å². The molecule has 2 aromatic rings. The van der Waals surface area contributed by atoms with Gasteiger partial charge in [-0.3, -0.25) is 9.59 Å². The summed E-state index contributed by atoms with van der Waals surface area (Å²) in [4.78, 5) is 26.8. The van der Waals surface area contributed by atoms with E-state index in [1.807, 2.05) is 19.1 Å². The van der Waals surface area contributed by atoms with Crippen molar-refractivity contribution < 1.29 is 9.53 Å². The van der Waals surface area contributed by atoms with Crippen LogP contribution >= 0.6 is 0 Å². The zero-order chi connectivity index (χ0) is 20.6. The molecule has 2 heterocycles. The number of methoxy groups -OCH3 is 1. The van der Waals surface area contributed by atoms with E-state index < -0.39 is 0 Å². The second-order valence-electron chi connectivity index (χ2n) is 7.69. The van der Waals surface area contributed by atoms with Crippen LogP contribution in [0.15, 0.2) is 41.3 Å². The van der Waals surface area contributed by atoms with E-state index in [4.69, 9.17) is 4.74 Å². The first-order chi connectivity index (χ1) is 14.0. The van der Waals surface area contributed by atoms with E-state index in [0.29, 0.717) is 26.1 Å². The van der Waals surface area contributed by atoms with E-state index >= 15 is 0 Å². The third-order valence-electron chi connectivity index (χ3n) is 5.33. The van der Waals surface area contributed by atoms with Gasteiger partial charge in [-0.1, -0.05) is 29.8 Å². The molecule has 1 aliphatic rings. The number of ether oxygens (including phenoxy) is 1. The van der Waals surface area contributed by atoms with Gasteiger partial charge < -0.3 is 15.0 Å². The van der Waals surface area contributed by atoms with Crippen LogP contribution in [0.1, 0.15) is 30.4 Å². The molecule has 1 saturated heterocycles. The highest BCUT2D eigenvalue weighted by Crippen LogP contribution is 2.23. The highest BCUT2D eigenvalue weighted by atomic mass is 16.5. The van der Waals surface area contributed by atoms with Gasteiger partial charge in [-0.25, -0.2) is 4.68 Å². The Kier molecular flexibility index (Phi) is 7.41. The lowest BCUT2D eigenvalue weighted by Crippen LogP contribution is -2.39. The number of carbonyl (C=O) groups is 1. The van der Waals surface area contributed by atoms with Crippen LogP contribution in [-0.2, 0) is 22.6 Å². The van der Waals surface area contributed by atoms with E-state index in [1.54, 1.807) is 19.4 Å². The van der Waals surface area contributed by atoms with Gasteiger partial charge in [0.2, 0.25) is 5.91 Å². The number of amides is 1. The Morgan fingerprint density at radius 2 is 2.10 bits per heavy atom. The lowest BCUT2D eigenvalue weighted by atomic mass is 9.94. The molecule has 1 aromatic heterocycles. The summed E-state index contributed by atoms with van der Waals surface area (Å²) in [6.45, 7) is 5.15. The second-order valence-corrected chi connectivity index (χ2v) is 7.69. The van der Waals surface area contributed by atoms with E-state index in [2.05, 4.69) is 27.4 Å². The van der Waals surface area contributed by atoms with Crippen LogP contribution in [0.5, 0.6) is 0 Å². The summed E-state index contributed by atoms with van der Waals surface area (Å²) in [6, 6.07) is 9.82. The summed E-state index contributed by atoms with van der Waals surface area (Å²) in [5.41, 5.74) is 3.02. The Bertz CT molecular complexity index is 863. The van der Waals surface area contributed by atoms with Crippen molar-refractivity contribution in [1.29, 1.82) is 0 Å². The molecule has 3 rings (SSSR count). The first-order valence-electron chi connectivity index (χ1n) is 10.2. The molecule has 7 heteroatoms. The molecule has 0 bridgehead atoms. The van der Waals surface area contributed by atoms with Crippen LogP contribution in [0.3, 0.4) is 0 Å². The van der Waals surface area contributed by atoms with Crippen LogP contribution in [0.25, 0.3) is 0 Å². The molecule has 0 saturated carbocycles. The standard InChI is InChI=1S/C22H30N4O3/c1-17-5-7-18(8-6-17)14-23-21(27)12-19-4-3-9-25(16-19)20-13-22(28)26(24-15-20)10-11-29-2/h5-8,13,15,19H,3-4,9-12,14,16H2,1-2H3,(H,23,27). The number of aryl methyl sites for hydroxylation is 1. The van der Waals surface area contributed by atoms with Gasteiger partial charge in [0.05, 0.1) is 25.0 Å². The number of hydrogen-bond acceptors (Lipinski definition) is 5. The second kappa shape index (κ2) is 10.2. The molecule has 0 aliphatic carbocycles. The molecule has 1 atom stereocenters. The predicted octanol–water partition coefficient (Wildman–Crippen LogP) is 2.12. The molecular formula is C22H30N4O3. The third-order valence-corrected chi connectivity index (χ3v) is 5.33. The fourth-order valence-electron chi connectivity index (χ4n) is 3.65. The van der Waals surface area contributed by atoms with Gasteiger partial charge in [0, 0.05) is 39.2 Å². The average molecular weight is 399 g/mol. The van der Waals surface area contributed by atoms with Gasteiger partial charge in [0.1, 0.15) is 0 Å². The van der Waals surface area contributed by atoms with E-state index in [9.17, 15) is 9.59 Å². The van der Waals surface area contributed by atoms with Crippen LogP contribution in [0.4, 0.5) is 5.69 Å². The number of piperidine rings is 1. The normalized spacial score (nSPS) is 16.6. The summed E-state index contributed by atoms with van der Waals surface area (Å²) in [5, 5.41) is 7.27. The molecule has 1 N–H and O–H groups in total. The van der Waals surface area contributed by atoms with Crippen LogP contribution in [0, 0.1) is 12.8 Å². The fraction of sp³-hybridized carbons (Fsp3) is 0.500. The fourth-order valence-corrected chi connectivity index (χ4v) is 3.65. The number of hydrogen-bond donors (Lipinski definition) is 1. The molecule has 0 radical (unpaired) electrons. The van der Waals surface area contributed by atoms with Gasteiger partial charge in [-0.05, 0) is 31.2 Å². The van der Waals surface area contributed by atoms with Crippen molar-refractivity contribution in [1.82, 2.24) is 15.1 Å². The third kappa shape index (κ3) is 6.15. The molecule has 29 heavy (non-hydrogen) atoms. The van der Waals surface area contributed by atoms with Crippen molar-refractivity contribution in [2.45, 2.75) is 39.3 Å². The molecule has 1 aliphatic heterocycles. The van der Waals surface area contributed by atoms with Crippen molar-refractivity contribution in [3.63, 3.8) is 0 Å². The van der Waals surface area contributed by atoms with Gasteiger partial charge in [-0.15, -0.1) is 0 Å². The van der Waals surface area contributed by atoms with Crippen molar-refractivity contribution in [3.05, 3.63) is 58.0 Å². The Morgan fingerprint density at radius 1 is 1.31 bits per heavy atom. The minimum Gasteiger partial charge on any atom is -0.383 e. The monoisotopic (exact) mass is 398 g/mol. The number of benzene rings is 1. The maximum absolute atomic E-state index is 12.4. The molecule has 1 unspecified atom stereocenters. The lowest BCUT2D eigenvalue weighted by molar-refractivity contribution is -0.122. The molecule has 156 valence electrons. The SMILES string of the molecule is COCCn1ncc(N2CCCC(CC(=O)NCc3ccc(C)cc3)C2)cc1=O. The van der Waals surface area contributed by atoms with E-state index in [-0.39, 0.29) is 17.4 Å². The Labute approximate surface area is 171 Å². The minimum absolute atomic E-state index is 0.0746. The minimum atomic E-state index is -0.127. The van der Waals surface area contributed by atoms with E-state index in [1.165, 1.54) is 10.2 Å². The molecule has 1 fully saturated rings. The number of carbonyl (C=O) groups excluding carboxylic acids is 1. The molecule has 7 nitrogen and oxygen atoms in total. The van der Waals surface area contributed by atoms with Crippen molar-refractivity contribution >= 4 is 11.6 Å². The molecule has 1 amide bonds. The van der Waals surface area contributed by atoms with Gasteiger partial charge in [0.15, 0.2) is 0 Å². The topological polar surface area (TPSA) is 76.5 Å². The Balaban J connectivity index is 1.52. The number of nitrogens with one attached hydrogen (secondary N) is 1. The number of rotatable bonds is 8. The van der Waals surface area contributed by atoms with Crippen molar-refractivity contribution in [2.75, 3.05) is 31.7 Å². The van der Waals surface area contributed by atoms with Crippen molar-refractivity contribution in [3.8, 4) is 0 Å². The quantitative estimate of drug-likeness (QED) is 0.737. The highest BCUT2D eigenvalue weighted by molar-refractivity contribution is 5.76. The number of nitrogens with zero attached hydrogens (tertiary/aromatic N) is 3. The summed E-state index contributed by atoms with van der Waals surface area (Å²) in [7, 11) is 1.60. The van der Waals surface area contributed by atoms with Crippen LogP contribution in [0.2, 0.25) is 0 Å². The number of aromatic nitrogens is 2. The number of anilines is 1. The van der Waals surface area contributed by atoms with E-state index in [0.717, 1.165) is 37.2 Å². The summed E-state index contributed by atoms with van der Waals surface area (Å²) in [6.07, 6.45) is 4.26. The van der Waals surface area contributed by atoms with Gasteiger partial charge in [0.25, 0.3) is 5.56 Å².